The van der Waals surface area contributed by atoms with Crippen LogP contribution >= 0.6 is 0 Å². The molecule has 6 heteroatoms. The summed E-state index contributed by atoms with van der Waals surface area (Å²) in [5, 5.41) is 14.8. The van der Waals surface area contributed by atoms with Gasteiger partial charge in [0.05, 0.1) is 0 Å². The number of hydrogen-bond acceptors (Lipinski definition) is 4. The molecule has 1 saturated carbocycles. The molecule has 2 unspecified atom stereocenters. The Morgan fingerprint density at radius 3 is 2.62 bits per heavy atom. The quantitative estimate of drug-likeness (QED) is 0.627. The van der Waals surface area contributed by atoms with Crippen molar-refractivity contribution in [2.45, 2.75) is 64.5 Å². The van der Waals surface area contributed by atoms with Gasteiger partial charge in [-0.1, -0.05) is 6.42 Å². The van der Waals surface area contributed by atoms with Crippen molar-refractivity contribution in [1.29, 1.82) is 0 Å². The topological polar surface area (TPSA) is 87.7 Å². The molecule has 0 heterocycles. The maximum absolute atomic E-state index is 11.6. The molecule has 0 bridgehead atoms. The van der Waals surface area contributed by atoms with E-state index in [1.807, 2.05) is 20.8 Å². The van der Waals surface area contributed by atoms with E-state index in [0.29, 0.717) is 31.5 Å². The molecule has 1 aliphatic rings. The summed E-state index contributed by atoms with van der Waals surface area (Å²) >= 11 is 0. The summed E-state index contributed by atoms with van der Waals surface area (Å²) in [5.74, 6) is -0.367. The van der Waals surface area contributed by atoms with E-state index in [1.165, 1.54) is 0 Å². The SMILES string of the molecule is CC(C)(C)OC(=O)NCC1CCCC1NCCCC(=O)O. The van der Waals surface area contributed by atoms with Crippen molar-refractivity contribution in [3.63, 3.8) is 0 Å². The molecule has 0 spiro atoms. The average Bonchev–Trinajstić information content (AvgIpc) is 2.77. The Labute approximate surface area is 126 Å². The highest BCUT2D eigenvalue weighted by atomic mass is 16.6. The van der Waals surface area contributed by atoms with Crippen LogP contribution in [-0.4, -0.2) is 41.9 Å². The molecule has 3 N–H and O–H groups in total. The number of carboxylic acid groups (broad SMARTS) is 1. The van der Waals surface area contributed by atoms with Crippen LogP contribution in [0, 0.1) is 5.92 Å². The number of aliphatic carboxylic acids is 1. The molecule has 1 rings (SSSR count). The van der Waals surface area contributed by atoms with Crippen molar-refractivity contribution in [3.8, 4) is 0 Å². The molecule has 0 radical (unpaired) electrons. The Morgan fingerprint density at radius 1 is 1.29 bits per heavy atom. The van der Waals surface area contributed by atoms with Gasteiger partial charge in [-0.2, -0.15) is 0 Å². The number of alkyl carbamates (subject to hydrolysis) is 1. The Bertz CT molecular complexity index is 352. The molecule has 6 nitrogen and oxygen atoms in total. The zero-order valence-corrected chi connectivity index (χ0v) is 13.3. The van der Waals surface area contributed by atoms with Gasteiger partial charge in [-0.3, -0.25) is 4.79 Å². The minimum absolute atomic E-state index is 0.195. The predicted octanol–water partition coefficient (Wildman–Crippen LogP) is 2.13. The zero-order chi connectivity index (χ0) is 15.9. The Kier molecular flexibility index (Phi) is 6.95. The molecular formula is C15H28N2O4. The summed E-state index contributed by atoms with van der Waals surface area (Å²) in [6, 6.07) is 0.355. The van der Waals surface area contributed by atoms with E-state index in [1.54, 1.807) is 0 Å². The maximum Gasteiger partial charge on any atom is 0.407 e. The predicted molar refractivity (Wildman–Crippen MR) is 80.2 cm³/mol. The molecule has 1 fully saturated rings. The van der Waals surface area contributed by atoms with Gasteiger partial charge in [-0.25, -0.2) is 4.79 Å². The Morgan fingerprint density at radius 2 is 2.00 bits per heavy atom. The largest absolute Gasteiger partial charge is 0.481 e. The number of hydrogen-bond donors (Lipinski definition) is 3. The standard InChI is InChI=1S/C15H28N2O4/c1-15(2,3)21-14(20)17-10-11-6-4-7-12(11)16-9-5-8-13(18)19/h11-12,16H,4-10H2,1-3H3,(H,17,20)(H,18,19). The first-order chi connectivity index (χ1) is 9.78. The lowest BCUT2D eigenvalue weighted by molar-refractivity contribution is -0.137. The van der Waals surface area contributed by atoms with Gasteiger partial charge in [0.1, 0.15) is 5.60 Å². The third-order valence-corrected chi connectivity index (χ3v) is 3.54. The van der Waals surface area contributed by atoms with E-state index in [-0.39, 0.29) is 12.5 Å². The van der Waals surface area contributed by atoms with Crippen molar-refractivity contribution in [3.05, 3.63) is 0 Å². The van der Waals surface area contributed by atoms with Crippen LogP contribution in [0.2, 0.25) is 0 Å². The van der Waals surface area contributed by atoms with E-state index < -0.39 is 11.6 Å². The van der Waals surface area contributed by atoms with Gasteiger partial charge in [-0.15, -0.1) is 0 Å². The van der Waals surface area contributed by atoms with Crippen molar-refractivity contribution in [2.75, 3.05) is 13.1 Å². The fourth-order valence-corrected chi connectivity index (χ4v) is 2.61. The summed E-state index contributed by atoms with van der Waals surface area (Å²) in [5.41, 5.74) is -0.478. The van der Waals surface area contributed by atoms with Crippen LogP contribution < -0.4 is 10.6 Å². The fraction of sp³-hybridized carbons (Fsp3) is 0.867. The number of ether oxygens (including phenoxy) is 1. The van der Waals surface area contributed by atoms with Crippen LogP contribution in [0.1, 0.15) is 52.9 Å². The smallest absolute Gasteiger partial charge is 0.407 e. The van der Waals surface area contributed by atoms with E-state index in [0.717, 1.165) is 19.3 Å². The highest BCUT2D eigenvalue weighted by Crippen LogP contribution is 2.25. The van der Waals surface area contributed by atoms with Gasteiger partial charge in [-0.05, 0) is 52.5 Å². The normalized spacial score (nSPS) is 22.0. The molecule has 0 aromatic heterocycles. The number of nitrogens with one attached hydrogen (secondary N) is 2. The molecule has 122 valence electrons. The van der Waals surface area contributed by atoms with Crippen LogP contribution in [0.4, 0.5) is 4.79 Å². The lowest BCUT2D eigenvalue weighted by Gasteiger charge is -2.23. The third-order valence-electron chi connectivity index (χ3n) is 3.54. The molecule has 0 aliphatic heterocycles. The van der Waals surface area contributed by atoms with Crippen LogP contribution in [-0.2, 0) is 9.53 Å². The van der Waals surface area contributed by atoms with E-state index in [9.17, 15) is 9.59 Å². The van der Waals surface area contributed by atoms with Gasteiger partial charge in [0, 0.05) is 19.0 Å². The minimum Gasteiger partial charge on any atom is -0.481 e. The first-order valence-corrected chi connectivity index (χ1v) is 7.70. The molecule has 0 saturated heterocycles. The molecule has 21 heavy (non-hydrogen) atoms. The Balaban J connectivity index is 2.24. The van der Waals surface area contributed by atoms with Gasteiger partial charge >= 0.3 is 12.1 Å². The average molecular weight is 300 g/mol. The molecule has 0 aromatic rings. The minimum atomic E-state index is -0.758. The first-order valence-electron chi connectivity index (χ1n) is 7.70. The number of carbonyl (C=O) groups is 2. The van der Waals surface area contributed by atoms with Gasteiger partial charge in [0.15, 0.2) is 0 Å². The lowest BCUT2D eigenvalue weighted by Crippen LogP contribution is -2.41. The molecular weight excluding hydrogens is 272 g/mol. The second-order valence-electron chi connectivity index (χ2n) is 6.63. The van der Waals surface area contributed by atoms with Crippen LogP contribution in [0.3, 0.4) is 0 Å². The van der Waals surface area contributed by atoms with Crippen molar-refractivity contribution in [1.82, 2.24) is 10.6 Å². The van der Waals surface area contributed by atoms with E-state index in [4.69, 9.17) is 9.84 Å². The zero-order valence-electron chi connectivity index (χ0n) is 13.3. The number of amides is 1. The number of rotatable bonds is 7. The van der Waals surface area contributed by atoms with Crippen LogP contribution in [0.15, 0.2) is 0 Å². The van der Waals surface area contributed by atoms with Gasteiger partial charge in [0.25, 0.3) is 0 Å². The van der Waals surface area contributed by atoms with Gasteiger partial charge < -0.3 is 20.5 Å². The monoisotopic (exact) mass is 300 g/mol. The molecule has 0 aromatic carbocycles. The molecule has 2 atom stereocenters. The highest BCUT2D eigenvalue weighted by Gasteiger charge is 2.27. The second-order valence-corrected chi connectivity index (χ2v) is 6.63. The van der Waals surface area contributed by atoms with E-state index in [2.05, 4.69) is 10.6 Å². The Hall–Kier alpha value is -1.30. The summed E-state index contributed by atoms with van der Waals surface area (Å²) in [6.45, 7) is 6.84. The lowest BCUT2D eigenvalue weighted by atomic mass is 10.0. The first kappa shape index (κ1) is 17.8. The molecule has 1 amide bonds. The summed E-state index contributed by atoms with van der Waals surface area (Å²) in [7, 11) is 0. The van der Waals surface area contributed by atoms with Crippen molar-refractivity contribution < 1.29 is 19.4 Å². The fourth-order valence-electron chi connectivity index (χ4n) is 2.61. The summed E-state index contributed by atoms with van der Waals surface area (Å²) in [6.07, 6.45) is 3.75. The van der Waals surface area contributed by atoms with Crippen LogP contribution in [0.5, 0.6) is 0 Å². The van der Waals surface area contributed by atoms with Crippen molar-refractivity contribution >= 4 is 12.1 Å². The number of carboxylic acids is 1. The second kappa shape index (κ2) is 8.22. The van der Waals surface area contributed by atoms with Crippen LogP contribution in [0.25, 0.3) is 0 Å². The summed E-state index contributed by atoms with van der Waals surface area (Å²) < 4.78 is 5.22. The third kappa shape index (κ3) is 7.90. The van der Waals surface area contributed by atoms with E-state index >= 15 is 0 Å². The molecule has 1 aliphatic carbocycles. The number of carbonyl (C=O) groups excluding carboxylic acids is 1. The maximum atomic E-state index is 11.6. The van der Waals surface area contributed by atoms with Crippen molar-refractivity contribution in [2.24, 2.45) is 5.92 Å². The highest BCUT2D eigenvalue weighted by molar-refractivity contribution is 5.67. The summed E-state index contributed by atoms with van der Waals surface area (Å²) in [4.78, 5) is 22.1. The van der Waals surface area contributed by atoms with Gasteiger partial charge in [0.2, 0.25) is 0 Å².